The molecule has 0 radical (unpaired) electrons. The second kappa shape index (κ2) is 3.72. The molecule has 1 amide bonds. The molecule has 0 saturated carbocycles. The summed E-state index contributed by atoms with van der Waals surface area (Å²) in [4.78, 5) is 11.0. The Balaban J connectivity index is 2.46. The average molecular weight is 169 g/mol. The lowest BCUT2D eigenvalue weighted by molar-refractivity contribution is -0.119. The van der Waals surface area contributed by atoms with Crippen LogP contribution in [0, 0.1) is 0 Å². The molecule has 1 heterocycles. The van der Waals surface area contributed by atoms with Crippen LogP contribution in [0.15, 0.2) is 12.7 Å². The third kappa shape index (κ3) is 2.34. The Morgan fingerprint density at radius 3 is 2.67 bits per heavy atom. The summed E-state index contributed by atoms with van der Waals surface area (Å²) in [5.41, 5.74) is -0.0937. The van der Waals surface area contributed by atoms with E-state index in [9.17, 15) is 4.79 Å². The number of amides is 1. The van der Waals surface area contributed by atoms with E-state index in [4.69, 9.17) is 4.74 Å². The molecule has 0 bridgehead atoms. The summed E-state index contributed by atoms with van der Waals surface area (Å²) in [6.45, 7) is 6.91. The molecule has 0 atom stereocenters. The molecular weight excluding hydrogens is 154 g/mol. The van der Waals surface area contributed by atoms with Gasteiger partial charge in [-0.05, 0) is 25.8 Å². The molecule has 3 heteroatoms. The fourth-order valence-corrected chi connectivity index (χ4v) is 1.30. The van der Waals surface area contributed by atoms with Crippen LogP contribution in [0.1, 0.15) is 19.8 Å². The third-order valence-corrected chi connectivity index (χ3v) is 2.21. The van der Waals surface area contributed by atoms with Crippen LogP contribution >= 0.6 is 0 Å². The van der Waals surface area contributed by atoms with E-state index in [0.29, 0.717) is 0 Å². The SMILES string of the molecule is C=CC(=O)NC1(C)CCOCC1. The van der Waals surface area contributed by atoms with E-state index in [0.717, 1.165) is 26.1 Å². The van der Waals surface area contributed by atoms with Crippen LogP contribution in [0.25, 0.3) is 0 Å². The zero-order valence-corrected chi connectivity index (χ0v) is 7.43. The summed E-state index contributed by atoms with van der Waals surface area (Å²) in [5, 5.41) is 2.91. The van der Waals surface area contributed by atoms with Gasteiger partial charge in [0.25, 0.3) is 0 Å². The van der Waals surface area contributed by atoms with Crippen LogP contribution < -0.4 is 5.32 Å². The maximum atomic E-state index is 11.0. The lowest BCUT2D eigenvalue weighted by Gasteiger charge is -2.33. The van der Waals surface area contributed by atoms with Gasteiger partial charge in [-0.2, -0.15) is 0 Å². The topological polar surface area (TPSA) is 38.3 Å². The standard InChI is InChI=1S/C9H15NO2/c1-3-8(11)10-9(2)4-6-12-7-5-9/h3H,1,4-7H2,2H3,(H,10,11). The predicted octanol–water partition coefficient (Wildman–Crippen LogP) is 0.858. The van der Waals surface area contributed by atoms with Crippen molar-refractivity contribution in [2.45, 2.75) is 25.3 Å². The van der Waals surface area contributed by atoms with E-state index in [1.54, 1.807) is 0 Å². The molecule has 0 aromatic carbocycles. The largest absolute Gasteiger partial charge is 0.381 e. The van der Waals surface area contributed by atoms with Gasteiger partial charge in [-0.1, -0.05) is 6.58 Å². The Kier molecular flexibility index (Phi) is 2.87. The fraction of sp³-hybridized carbons (Fsp3) is 0.667. The van der Waals surface area contributed by atoms with Gasteiger partial charge in [0, 0.05) is 18.8 Å². The molecule has 0 aromatic rings. The van der Waals surface area contributed by atoms with Crippen molar-refractivity contribution in [2.24, 2.45) is 0 Å². The van der Waals surface area contributed by atoms with Gasteiger partial charge in [-0.15, -0.1) is 0 Å². The van der Waals surface area contributed by atoms with E-state index < -0.39 is 0 Å². The van der Waals surface area contributed by atoms with Crippen molar-refractivity contribution in [3.05, 3.63) is 12.7 Å². The Bertz CT molecular complexity index is 183. The van der Waals surface area contributed by atoms with Gasteiger partial charge in [0.05, 0.1) is 0 Å². The lowest BCUT2D eigenvalue weighted by Crippen LogP contribution is -2.49. The highest BCUT2D eigenvalue weighted by atomic mass is 16.5. The molecule has 0 unspecified atom stereocenters. The van der Waals surface area contributed by atoms with Crippen molar-refractivity contribution in [2.75, 3.05) is 13.2 Å². The quantitative estimate of drug-likeness (QED) is 0.622. The summed E-state index contributed by atoms with van der Waals surface area (Å²) >= 11 is 0. The van der Waals surface area contributed by atoms with Gasteiger partial charge < -0.3 is 10.1 Å². The van der Waals surface area contributed by atoms with Gasteiger partial charge in [-0.25, -0.2) is 0 Å². The highest BCUT2D eigenvalue weighted by molar-refractivity contribution is 5.87. The number of rotatable bonds is 2. The molecule has 0 aromatic heterocycles. The van der Waals surface area contributed by atoms with Crippen molar-refractivity contribution in [3.8, 4) is 0 Å². The number of carbonyl (C=O) groups is 1. The van der Waals surface area contributed by atoms with Crippen LogP contribution in [0.5, 0.6) is 0 Å². The van der Waals surface area contributed by atoms with Crippen molar-refractivity contribution in [3.63, 3.8) is 0 Å². The second-order valence-corrected chi connectivity index (χ2v) is 3.37. The first-order valence-corrected chi connectivity index (χ1v) is 4.19. The number of nitrogens with one attached hydrogen (secondary N) is 1. The van der Waals surface area contributed by atoms with Crippen LogP contribution in [-0.4, -0.2) is 24.7 Å². The number of hydrogen-bond acceptors (Lipinski definition) is 2. The minimum Gasteiger partial charge on any atom is -0.381 e. The molecule has 1 aliphatic rings. The molecule has 1 rings (SSSR count). The number of ether oxygens (including phenoxy) is 1. The monoisotopic (exact) mass is 169 g/mol. The lowest BCUT2D eigenvalue weighted by atomic mass is 9.92. The summed E-state index contributed by atoms with van der Waals surface area (Å²) in [5.74, 6) is -0.0978. The highest BCUT2D eigenvalue weighted by Crippen LogP contribution is 2.19. The molecule has 68 valence electrons. The molecule has 0 spiro atoms. The van der Waals surface area contributed by atoms with Crippen molar-refractivity contribution < 1.29 is 9.53 Å². The molecule has 1 N–H and O–H groups in total. The van der Waals surface area contributed by atoms with Gasteiger partial charge in [0.2, 0.25) is 5.91 Å². The zero-order chi connectivity index (χ0) is 9.03. The minimum atomic E-state index is -0.0978. The van der Waals surface area contributed by atoms with Gasteiger partial charge in [-0.3, -0.25) is 4.79 Å². The Morgan fingerprint density at radius 2 is 2.17 bits per heavy atom. The van der Waals surface area contributed by atoms with E-state index in [2.05, 4.69) is 11.9 Å². The van der Waals surface area contributed by atoms with Crippen LogP contribution in [0.2, 0.25) is 0 Å². The van der Waals surface area contributed by atoms with Gasteiger partial charge >= 0.3 is 0 Å². The first kappa shape index (κ1) is 9.26. The molecule has 1 fully saturated rings. The zero-order valence-electron chi connectivity index (χ0n) is 7.43. The molecule has 0 aliphatic carbocycles. The van der Waals surface area contributed by atoms with Crippen molar-refractivity contribution in [1.29, 1.82) is 0 Å². The molecule has 3 nitrogen and oxygen atoms in total. The van der Waals surface area contributed by atoms with Crippen LogP contribution in [0.3, 0.4) is 0 Å². The Hall–Kier alpha value is -0.830. The molecule has 12 heavy (non-hydrogen) atoms. The normalized spacial score (nSPS) is 21.4. The van der Waals surface area contributed by atoms with E-state index in [1.807, 2.05) is 6.92 Å². The first-order valence-electron chi connectivity index (χ1n) is 4.19. The fourth-order valence-electron chi connectivity index (χ4n) is 1.30. The van der Waals surface area contributed by atoms with Crippen LogP contribution in [0.4, 0.5) is 0 Å². The van der Waals surface area contributed by atoms with Gasteiger partial charge in [0.1, 0.15) is 0 Å². The average Bonchev–Trinajstić information content (AvgIpc) is 2.05. The van der Waals surface area contributed by atoms with Gasteiger partial charge in [0.15, 0.2) is 0 Å². The summed E-state index contributed by atoms with van der Waals surface area (Å²) in [7, 11) is 0. The maximum absolute atomic E-state index is 11.0. The first-order chi connectivity index (χ1) is 5.66. The smallest absolute Gasteiger partial charge is 0.243 e. The molecule has 1 aliphatic heterocycles. The summed E-state index contributed by atoms with van der Waals surface area (Å²) in [6, 6.07) is 0. The third-order valence-electron chi connectivity index (χ3n) is 2.21. The minimum absolute atomic E-state index is 0.0937. The van der Waals surface area contributed by atoms with Crippen molar-refractivity contribution >= 4 is 5.91 Å². The summed E-state index contributed by atoms with van der Waals surface area (Å²) in [6.07, 6.45) is 3.07. The summed E-state index contributed by atoms with van der Waals surface area (Å²) < 4.78 is 5.20. The predicted molar refractivity (Wildman–Crippen MR) is 46.8 cm³/mol. The Morgan fingerprint density at radius 1 is 1.58 bits per heavy atom. The highest BCUT2D eigenvalue weighted by Gasteiger charge is 2.27. The number of carbonyl (C=O) groups excluding carboxylic acids is 1. The Labute approximate surface area is 72.8 Å². The molecular formula is C9H15NO2. The maximum Gasteiger partial charge on any atom is 0.243 e. The number of hydrogen-bond donors (Lipinski definition) is 1. The van der Waals surface area contributed by atoms with E-state index >= 15 is 0 Å². The van der Waals surface area contributed by atoms with Crippen molar-refractivity contribution in [1.82, 2.24) is 5.32 Å². The second-order valence-electron chi connectivity index (χ2n) is 3.37. The van der Waals surface area contributed by atoms with E-state index in [-0.39, 0.29) is 11.4 Å². The van der Waals surface area contributed by atoms with Crippen LogP contribution in [-0.2, 0) is 9.53 Å². The van der Waals surface area contributed by atoms with E-state index in [1.165, 1.54) is 6.08 Å². The molecule has 1 saturated heterocycles.